The molecule has 2 aromatic rings. The average Bonchev–Trinajstić information content (AvgIpc) is 2.66. The van der Waals surface area contributed by atoms with E-state index in [0.29, 0.717) is 30.7 Å². The largest absolute Gasteiger partial charge is 0.439 e. The molecule has 0 saturated heterocycles. The van der Waals surface area contributed by atoms with Crippen molar-refractivity contribution in [1.82, 2.24) is 15.6 Å². The van der Waals surface area contributed by atoms with Crippen molar-refractivity contribution in [2.45, 2.75) is 33.4 Å². The van der Waals surface area contributed by atoms with Gasteiger partial charge in [0.05, 0.1) is 6.10 Å². The van der Waals surface area contributed by atoms with E-state index in [1.165, 1.54) is 12.1 Å². The lowest BCUT2D eigenvalue weighted by molar-refractivity contribution is 0.0205. The molecule has 0 amide bonds. The normalized spacial score (nSPS) is 13.1. The molecular weight excluding hydrogens is 359 g/mol. The predicted molar refractivity (Wildman–Crippen MR) is 109 cm³/mol. The highest BCUT2D eigenvalue weighted by atomic mass is 19.1. The Morgan fingerprint density at radius 1 is 1.18 bits per heavy atom. The molecule has 0 saturated carbocycles. The Morgan fingerprint density at radius 3 is 2.50 bits per heavy atom. The van der Waals surface area contributed by atoms with Crippen LogP contribution < -0.4 is 15.4 Å². The van der Waals surface area contributed by atoms with Gasteiger partial charge < -0.3 is 20.1 Å². The fourth-order valence-corrected chi connectivity index (χ4v) is 2.58. The first-order valence-electron chi connectivity index (χ1n) is 9.17. The van der Waals surface area contributed by atoms with E-state index in [9.17, 15) is 4.39 Å². The minimum absolute atomic E-state index is 0.0261. The van der Waals surface area contributed by atoms with E-state index < -0.39 is 0 Å². The first-order valence-corrected chi connectivity index (χ1v) is 9.17. The van der Waals surface area contributed by atoms with Crippen molar-refractivity contribution < 1.29 is 13.9 Å². The van der Waals surface area contributed by atoms with Crippen LogP contribution in [0.25, 0.3) is 0 Å². The second-order valence-electron chi connectivity index (χ2n) is 7.46. The van der Waals surface area contributed by atoms with Crippen LogP contribution in [0.3, 0.4) is 0 Å². The Bertz CT molecular complexity index is 773. The fourth-order valence-electron chi connectivity index (χ4n) is 2.58. The molecular formula is C21H29FN4O2. The zero-order valence-corrected chi connectivity index (χ0v) is 17.1. The maximum absolute atomic E-state index is 13.0. The number of hydrogen-bond donors (Lipinski definition) is 2. The van der Waals surface area contributed by atoms with E-state index in [-0.39, 0.29) is 17.3 Å². The number of hydrogen-bond acceptors (Lipinski definition) is 4. The molecule has 1 atom stereocenters. The van der Waals surface area contributed by atoms with Gasteiger partial charge >= 0.3 is 0 Å². The highest BCUT2D eigenvalue weighted by molar-refractivity contribution is 5.79. The second-order valence-corrected chi connectivity index (χ2v) is 7.46. The van der Waals surface area contributed by atoms with E-state index in [1.54, 1.807) is 32.5 Å². The third-order valence-electron chi connectivity index (χ3n) is 4.22. The standard InChI is InChI=1S/C21H29FN4O2/c1-21(2,3)18(27-5)14-26-20(23-4)25-13-15-10-11-24-19(12-15)28-17-8-6-16(22)7-9-17/h6-12,18H,13-14H2,1-5H3,(H2,23,25,26). The Morgan fingerprint density at radius 2 is 1.89 bits per heavy atom. The lowest BCUT2D eigenvalue weighted by Crippen LogP contribution is -2.45. The Labute approximate surface area is 166 Å². The molecule has 7 heteroatoms. The second kappa shape index (κ2) is 10.0. The number of methoxy groups -OCH3 is 1. The fraction of sp³-hybridized carbons (Fsp3) is 0.429. The summed E-state index contributed by atoms with van der Waals surface area (Å²) in [4.78, 5) is 8.44. The van der Waals surface area contributed by atoms with Gasteiger partial charge in [0.15, 0.2) is 5.96 Å². The average molecular weight is 388 g/mol. The van der Waals surface area contributed by atoms with E-state index in [4.69, 9.17) is 9.47 Å². The highest BCUT2D eigenvalue weighted by Crippen LogP contribution is 2.21. The van der Waals surface area contributed by atoms with Crippen molar-refractivity contribution in [3.63, 3.8) is 0 Å². The number of halogens is 1. The molecule has 0 aliphatic carbocycles. The van der Waals surface area contributed by atoms with Crippen molar-refractivity contribution in [2.24, 2.45) is 10.4 Å². The van der Waals surface area contributed by atoms with Gasteiger partial charge in [-0.3, -0.25) is 4.99 Å². The van der Waals surface area contributed by atoms with Gasteiger partial charge in [-0.05, 0) is 41.3 Å². The molecule has 0 spiro atoms. The summed E-state index contributed by atoms with van der Waals surface area (Å²) in [6.07, 6.45) is 1.73. The maximum Gasteiger partial charge on any atom is 0.219 e. The maximum atomic E-state index is 13.0. The number of rotatable bonds is 7. The van der Waals surface area contributed by atoms with E-state index in [1.807, 2.05) is 12.1 Å². The molecule has 0 fully saturated rings. The molecule has 6 nitrogen and oxygen atoms in total. The minimum Gasteiger partial charge on any atom is -0.439 e. The number of pyridine rings is 1. The third-order valence-corrected chi connectivity index (χ3v) is 4.22. The smallest absolute Gasteiger partial charge is 0.219 e. The summed E-state index contributed by atoms with van der Waals surface area (Å²) in [6, 6.07) is 9.55. The number of ether oxygens (including phenoxy) is 2. The van der Waals surface area contributed by atoms with Crippen molar-refractivity contribution in [3.8, 4) is 11.6 Å². The summed E-state index contributed by atoms with van der Waals surface area (Å²) in [5.41, 5.74) is 1.01. The van der Waals surface area contributed by atoms with Gasteiger partial charge in [0.2, 0.25) is 5.88 Å². The summed E-state index contributed by atoms with van der Waals surface area (Å²) in [5.74, 6) is 1.36. The Hall–Kier alpha value is -2.67. The zero-order chi connectivity index (χ0) is 20.6. The van der Waals surface area contributed by atoms with Crippen molar-refractivity contribution >= 4 is 5.96 Å². The first kappa shape index (κ1) is 21.6. The minimum atomic E-state index is -0.306. The number of nitrogens with zero attached hydrogens (tertiary/aromatic N) is 2. The highest BCUT2D eigenvalue weighted by Gasteiger charge is 2.24. The topological polar surface area (TPSA) is 67.8 Å². The predicted octanol–water partition coefficient (Wildman–Crippen LogP) is 3.74. The summed E-state index contributed by atoms with van der Waals surface area (Å²) < 4.78 is 24.2. The first-order chi connectivity index (χ1) is 13.3. The Kier molecular flexibility index (Phi) is 7.75. The summed E-state index contributed by atoms with van der Waals surface area (Å²) >= 11 is 0. The van der Waals surface area contributed by atoms with Crippen LogP contribution in [0.4, 0.5) is 4.39 Å². The van der Waals surface area contributed by atoms with E-state index in [2.05, 4.69) is 41.4 Å². The van der Waals surface area contributed by atoms with Gasteiger partial charge in [0.25, 0.3) is 0 Å². The summed E-state index contributed by atoms with van der Waals surface area (Å²) in [5, 5.41) is 6.55. The van der Waals surface area contributed by atoms with Crippen LogP contribution in [0.15, 0.2) is 47.6 Å². The van der Waals surface area contributed by atoms with Gasteiger partial charge in [0.1, 0.15) is 11.6 Å². The molecule has 1 aromatic heterocycles. The van der Waals surface area contributed by atoms with Gasteiger partial charge in [-0.2, -0.15) is 0 Å². The number of benzene rings is 1. The van der Waals surface area contributed by atoms with Crippen molar-refractivity contribution in [2.75, 3.05) is 20.7 Å². The molecule has 2 rings (SSSR count). The summed E-state index contributed by atoms with van der Waals surface area (Å²) in [6.45, 7) is 7.61. The molecule has 28 heavy (non-hydrogen) atoms. The number of nitrogens with one attached hydrogen (secondary N) is 2. The summed E-state index contributed by atoms with van der Waals surface area (Å²) in [7, 11) is 3.44. The van der Waals surface area contributed by atoms with Crippen LogP contribution in [0.2, 0.25) is 0 Å². The molecule has 0 aliphatic rings. The quantitative estimate of drug-likeness (QED) is 0.559. The van der Waals surface area contributed by atoms with Crippen LogP contribution >= 0.6 is 0 Å². The van der Waals surface area contributed by atoms with Crippen LogP contribution in [-0.2, 0) is 11.3 Å². The SMILES string of the molecule is CN=C(NCc1ccnc(Oc2ccc(F)cc2)c1)NCC(OC)C(C)(C)C. The van der Waals surface area contributed by atoms with Gasteiger partial charge in [-0.1, -0.05) is 20.8 Å². The van der Waals surface area contributed by atoms with Gasteiger partial charge in [0, 0.05) is 39.5 Å². The van der Waals surface area contributed by atoms with Crippen molar-refractivity contribution in [1.29, 1.82) is 0 Å². The van der Waals surface area contributed by atoms with Crippen LogP contribution in [0.1, 0.15) is 26.3 Å². The zero-order valence-electron chi connectivity index (χ0n) is 17.1. The van der Waals surface area contributed by atoms with Crippen molar-refractivity contribution in [3.05, 3.63) is 54.0 Å². The lowest BCUT2D eigenvalue weighted by Gasteiger charge is -2.30. The van der Waals surface area contributed by atoms with Crippen LogP contribution in [0, 0.1) is 11.2 Å². The Balaban J connectivity index is 1.91. The van der Waals surface area contributed by atoms with Gasteiger partial charge in [-0.15, -0.1) is 0 Å². The molecule has 0 radical (unpaired) electrons. The lowest BCUT2D eigenvalue weighted by atomic mass is 9.89. The monoisotopic (exact) mass is 388 g/mol. The molecule has 1 unspecified atom stereocenters. The molecule has 1 aromatic carbocycles. The van der Waals surface area contributed by atoms with E-state index >= 15 is 0 Å². The number of guanidine groups is 1. The number of aliphatic imine (C=N–C) groups is 1. The molecule has 2 N–H and O–H groups in total. The van der Waals surface area contributed by atoms with E-state index in [0.717, 1.165) is 5.56 Å². The third kappa shape index (κ3) is 6.81. The van der Waals surface area contributed by atoms with Gasteiger partial charge in [-0.25, -0.2) is 9.37 Å². The number of aromatic nitrogens is 1. The molecule has 0 bridgehead atoms. The van der Waals surface area contributed by atoms with Crippen LogP contribution in [-0.4, -0.2) is 37.7 Å². The molecule has 0 aliphatic heterocycles. The molecule has 152 valence electrons. The van der Waals surface area contributed by atoms with Crippen LogP contribution in [0.5, 0.6) is 11.6 Å². The molecule has 1 heterocycles.